The van der Waals surface area contributed by atoms with E-state index in [9.17, 15) is 14.9 Å². The van der Waals surface area contributed by atoms with Crippen LogP contribution in [-0.4, -0.2) is 16.9 Å². The molecular formula is C30H25N3O3. The van der Waals surface area contributed by atoms with E-state index in [-0.39, 0.29) is 10.8 Å². The summed E-state index contributed by atoms with van der Waals surface area (Å²) in [5, 5.41) is 16.3. The fourth-order valence-corrected chi connectivity index (χ4v) is 6.00. The van der Waals surface area contributed by atoms with Crippen LogP contribution in [0, 0.1) is 10.1 Å². The number of hydrogen-bond acceptors (Lipinski definition) is 4. The Hall–Kier alpha value is -4.29. The highest BCUT2D eigenvalue weighted by Crippen LogP contribution is 2.57. The molecule has 0 bridgehead atoms. The van der Waals surface area contributed by atoms with E-state index >= 15 is 0 Å². The van der Waals surface area contributed by atoms with Gasteiger partial charge in [0.1, 0.15) is 11.6 Å². The number of fused-ring (bicyclic) bond motifs is 2. The Bertz CT molecular complexity index is 1410. The maximum absolute atomic E-state index is 14.6. The number of carbonyl (C=O) groups is 1. The Kier molecular flexibility index (Phi) is 5.38. The molecule has 6 heteroatoms. The molecule has 1 saturated heterocycles. The first kappa shape index (κ1) is 22.2. The molecular weight excluding hydrogens is 450 g/mol. The molecule has 6 nitrogen and oxygen atoms in total. The molecule has 36 heavy (non-hydrogen) atoms. The zero-order valence-electron chi connectivity index (χ0n) is 19.5. The van der Waals surface area contributed by atoms with Gasteiger partial charge in [0, 0.05) is 16.2 Å². The van der Waals surface area contributed by atoms with E-state index in [1.165, 1.54) is 0 Å². The number of para-hydroxylation sites is 1. The molecule has 6 rings (SSSR count). The van der Waals surface area contributed by atoms with E-state index in [0.717, 1.165) is 27.9 Å². The summed E-state index contributed by atoms with van der Waals surface area (Å²) in [6.45, 7) is 0.390. The number of rotatable bonds is 5. The number of carbonyl (C=O) groups excluding carboxylic acids is 1. The Morgan fingerprint density at radius 3 is 1.97 bits per heavy atom. The first-order valence-corrected chi connectivity index (χ1v) is 12.1. The van der Waals surface area contributed by atoms with E-state index in [1.54, 1.807) is 4.90 Å². The summed E-state index contributed by atoms with van der Waals surface area (Å²) >= 11 is 0. The molecule has 0 aromatic heterocycles. The molecule has 178 valence electrons. The maximum Gasteiger partial charge on any atom is 0.253 e. The minimum Gasteiger partial charge on any atom is -0.306 e. The monoisotopic (exact) mass is 475 g/mol. The molecule has 4 aromatic carbocycles. The highest BCUT2D eigenvalue weighted by atomic mass is 16.6. The molecule has 1 unspecified atom stereocenters. The SMILES string of the molecule is O=C1N(Cc2ccccc2)c2ccccc2C12N[C@@H](c1ccccc1)[C@@H]([N+](=O)[O-])[C@H]2c1ccccc1. The molecule has 1 N–H and O–H groups in total. The van der Waals surface area contributed by atoms with Gasteiger partial charge in [-0.05, 0) is 22.8 Å². The molecule has 4 atom stereocenters. The summed E-state index contributed by atoms with van der Waals surface area (Å²) in [6, 6.07) is 34.7. The number of anilines is 1. The Balaban J connectivity index is 1.57. The minimum atomic E-state index is -1.27. The molecule has 2 aliphatic heterocycles. The average molecular weight is 476 g/mol. The number of nitrogens with zero attached hydrogens (tertiary/aromatic N) is 2. The predicted octanol–water partition coefficient (Wildman–Crippen LogP) is 5.20. The second-order valence-electron chi connectivity index (χ2n) is 9.40. The van der Waals surface area contributed by atoms with Crippen LogP contribution in [0.4, 0.5) is 5.69 Å². The zero-order chi connectivity index (χ0) is 24.7. The molecule has 0 aliphatic carbocycles. The van der Waals surface area contributed by atoms with E-state index in [4.69, 9.17) is 0 Å². The lowest BCUT2D eigenvalue weighted by molar-refractivity contribution is -0.527. The Morgan fingerprint density at radius 2 is 1.33 bits per heavy atom. The molecule has 0 radical (unpaired) electrons. The van der Waals surface area contributed by atoms with Crippen LogP contribution < -0.4 is 10.2 Å². The summed E-state index contributed by atoms with van der Waals surface area (Å²) in [7, 11) is 0. The summed E-state index contributed by atoms with van der Waals surface area (Å²) in [5.41, 5.74) is 2.86. The van der Waals surface area contributed by atoms with Gasteiger partial charge >= 0.3 is 0 Å². The molecule has 1 spiro atoms. The number of nitro groups is 1. The van der Waals surface area contributed by atoms with Gasteiger partial charge in [-0.2, -0.15) is 0 Å². The summed E-state index contributed by atoms with van der Waals surface area (Å²) in [6.07, 6.45) is 0. The first-order valence-electron chi connectivity index (χ1n) is 12.1. The van der Waals surface area contributed by atoms with Crippen molar-refractivity contribution < 1.29 is 9.72 Å². The van der Waals surface area contributed by atoms with E-state index < -0.39 is 23.5 Å². The second-order valence-corrected chi connectivity index (χ2v) is 9.40. The lowest BCUT2D eigenvalue weighted by Gasteiger charge is -2.31. The molecule has 0 saturated carbocycles. The van der Waals surface area contributed by atoms with Crippen molar-refractivity contribution in [3.63, 3.8) is 0 Å². The standard InChI is InChI=1S/C30H25N3O3/c34-29-30(24-18-10-11-19-25(24)32(29)20-21-12-4-1-5-13-21)26(22-14-6-2-7-15-22)28(33(35)36)27(31-30)23-16-8-3-9-17-23/h1-19,26-28,31H,20H2/t26-,27+,28+,30?/m1/s1. The lowest BCUT2D eigenvalue weighted by atomic mass is 9.74. The van der Waals surface area contributed by atoms with Gasteiger partial charge in [-0.1, -0.05) is 109 Å². The predicted molar refractivity (Wildman–Crippen MR) is 138 cm³/mol. The lowest BCUT2D eigenvalue weighted by Crippen LogP contribution is -2.50. The van der Waals surface area contributed by atoms with Crippen LogP contribution in [0.25, 0.3) is 0 Å². The van der Waals surface area contributed by atoms with Crippen molar-refractivity contribution in [3.05, 3.63) is 148 Å². The average Bonchev–Trinajstić information content (AvgIpc) is 3.40. The summed E-state index contributed by atoms with van der Waals surface area (Å²) in [5.74, 6) is -0.861. The van der Waals surface area contributed by atoms with Crippen molar-refractivity contribution in [2.24, 2.45) is 0 Å². The van der Waals surface area contributed by atoms with E-state index in [1.807, 2.05) is 115 Å². The smallest absolute Gasteiger partial charge is 0.253 e. The number of hydrogen-bond donors (Lipinski definition) is 1. The van der Waals surface area contributed by atoms with Gasteiger partial charge in [0.15, 0.2) is 0 Å². The van der Waals surface area contributed by atoms with Crippen molar-refractivity contribution in [3.8, 4) is 0 Å². The Labute approximate surface area is 209 Å². The third-order valence-corrected chi connectivity index (χ3v) is 7.48. The molecule has 1 amide bonds. The zero-order valence-corrected chi connectivity index (χ0v) is 19.5. The molecule has 2 heterocycles. The van der Waals surface area contributed by atoms with Crippen molar-refractivity contribution >= 4 is 11.6 Å². The van der Waals surface area contributed by atoms with Gasteiger partial charge in [0.25, 0.3) is 5.91 Å². The van der Waals surface area contributed by atoms with Crippen molar-refractivity contribution in [1.82, 2.24) is 5.32 Å². The third kappa shape index (κ3) is 3.33. The van der Waals surface area contributed by atoms with Crippen molar-refractivity contribution in [2.75, 3.05) is 4.90 Å². The van der Waals surface area contributed by atoms with Gasteiger partial charge in [-0.25, -0.2) is 0 Å². The quantitative estimate of drug-likeness (QED) is 0.318. The van der Waals surface area contributed by atoms with Crippen LogP contribution in [0.5, 0.6) is 0 Å². The molecule has 4 aromatic rings. The topological polar surface area (TPSA) is 75.5 Å². The van der Waals surface area contributed by atoms with Crippen LogP contribution in [-0.2, 0) is 16.9 Å². The van der Waals surface area contributed by atoms with Gasteiger partial charge in [0.2, 0.25) is 6.04 Å². The maximum atomic E-state index is 14.6. The van der Waals surface area contributed by atoms with Gasteiger partial charge in [-0.15, -0.1) is 0 Å². The van der Waals surface area contributed by atoms with Gasteiger partial charge in [-0.3, -0.25) is 20.2 Å². The normalized spacial score (nSPS) is 24.7. The summed E-state index contributed by atoms with van der Waals surface area (Å²) in [4.78, 5) is 28.9. The summed E-state index contributed by atoms with van der Waals surface area (Å²) < 4.78 is 0. The van der Waals surface area contributed by atoms with Gasteiger partial charge in [0.05, 0.1) is 12.5 Å². The van der Waals surface area contributed by atoms with Crippen molar-refractivity contribution in [2.45, 2.75) is 30.1 Å². The van der Waals surface area contributed by atoms with E-state index in [0.29, 0.717) is 6.54 Å². The van der Waals surface area contributed by atoms with E-state index in [2.05, 4.69) is 5.32 Å². The largest absolute Gasteiger partial charge is 0.306 e. The minimum absolute atomic E-state index is 0.160. The highest BCUT2D eigenvalue weighted by Gasteiger charge is 2.68. The van der Waals surface area contributed by atoms with Crippen LogP contribution in [0.1, 0.15) is 34.2 Å². The van der Waals surface area contributed by atoms with Crippen LogP contribution in [0.3, 0.4) is 0 Å². The molecule has 1 fully saturated rings. The first-order chi connectivity index (χ1) is 17.6. The number of nitrogens with one attached hydrogen (secondary N) is 1. The van der Waals surface area contributed by atoms with Gasteiger partial charge < -0.3 is 4.90 Å². The van der Waals surface area contributed by atoms with Crippen LogP contribution in [0.2, 0.25) is 0 Å². The fraction of sp³-hybridized carbons (Fsp3) is 0.167. The van der Waals surface area contributed by atoms with Crippen LogP contribution in [0.15, 0.2) is 115 Å². The third-order valence-electron chi connectivity index (χ3n) is 7.48. The number of benzene rings is 4. The van der Waals surface area contributed by atoms with Crippen molar-refractivity contribution in [1.29, 1.82) is 0 Å². The second kappa shape index (κ2) is 8.73. The Morgan fingerprint density at radius 1 is 0.778 bits per heavy atom. The number of amides is 1. The van der Waals surface area contributed by atoms with Crippen LogP contribution >= 0.6 is 0 Å². The fourth-order valence-electron chi connectivity index (χ4n) is 6.00. The molecule has 2 aliphatic rings. The highest BCUT2D eigenvalue weighted by molar-refractivity contribution is 6.09.